The van der Waals surface area contributed by atoms with Gasteiger partial charge in [-0.1, -0.05) is 417 Å². The molecule has 0 aromatic rings. The van der Waals surface area contributed by atoms with Crippen LogP contribution in [0.3, 0.4) is 0 Å². The highest BCUT2D eigenvalue weighted by molar-refractivity contribution is 7.47. The highest BCUT2D eigenvalue weighted by Crippen LogP contribution is 2.43. The quantitative estimate of drug-likeness (QED) is 0.0211. The van der Waals surface area contributed by atoms with Crippen LogP contribution in [0.4, 0.5) is 0 Å². The van der Waals surface area contributed by atoms with Gasteiger partial charge in [-0.3, -0.25) is 18.6 Å². The van der Waals surface area contributed by atoms with E-state index < -0.39 is 26.5 Å². The number of rotatable bonds is 80. The maximum absolute atomic E-state index is 12.9. The van der Waals surface area contributed by atoms with Gasteiger partial charge in [-0.15, -0.1) is 0 Å². The normalized spacial score (nSPS) is 13.0. The molecule has 0 radical (unpaired) electrons. The van der Waals surface area contributed by atoms with Gasteiger partial charge in [0, 0.05) is 12.8 Å². The Morgan fingerprint density at radius 2 is 0.574 bits per heavy atom. The standard InChI is InChI=1S/C84H164NO8P/c1-6-8-10-12-14-16-18-20-22-24-26-28-30-32-34-36-38-40-41-42-43-45-47-49-51-53-55-57-59-61-63-65-67-69-71-73-75-77-84(87)93-82(81-92-94(88,89)91-79-78-85(3,4)5)80-90-83(86)76-74-72-70-68-66-64-62-60-58-56-54-52-50-48-46-44-39-37-35-33-31-29-27-25-23-21-19-17-15-13-11-9-7-2/h18,20,24,26,82H,6-17,19,21-23,25,27-81H2,1-5H3/p+1/b20-18-,26-24-. The number of carbonyl (C=O) groups is 2. The van der Waals surface area contributed by atoms with Crippen molar-refractivity contribution in [1.29, 1.82) is 0 Å². The third-order valence-electron chi connectivity index (χ3n) is 19.5. The molecule has 0 bridgehead atoms. The Kier molecular flexibility index (Phi) is 74.5. The summed E-state index contributed by atoms with van der Waals surface area (Å²) < 4.78 is 34.9. The number of phosphoric ester groups is 1. The van der Waals surface area contributed by atoms with Crippen LogP contribution in [0.2, 0.25) is 0 Å². The minimum absolute atomic E-state index is 0.0365. The molecule has 0 saturated carbocycles. The predicted octanol–water partition coefficient (Wildman–Crippen LogP) is 28.0. The summed E-state index contributed by atoms with van der Waals surface area (Å²) in [7, 11) is 1.51. The monoisotopic (exact) mass is 1350 g/mol. The van der Waals surface area contributed by atoms with E-state index in [2.05, 4.69) is 38.2 Å². The van der Waals surface area contributed by atoms with Crippen LogP contribution in [0.15, 0.2) is 24.3 Å². The number of phosphoric acid groups is 1. The van der Waals surface area contributed by atoms with Crippen molar-refractivity contribution in [3.8, 4) is 0 Å². The first-order chi connectivity index (χ1) is 46.0. The number of carbonyl (C=O) groups excluding carboxylic acids is 2. The second-order valence-electron chi connectivity index (χ2n) is 30.2. The fourth-order valence-corrected chi connectivity index (χ4v) is 13.8. The molecule has 9 nitrogen and oxygen atoms in total. The van der Waals surface area contributed by atoms with Gasteiger partial charge in [-0.2, -0.15) is 0 Å². The lowest BCUT2D eigenvalue weighted by atomic mass is 10.0. The van der Waals surface area contributed by atoms with Crippen molar-refractivity contribution in [3.63, 3.8) is 0 Å². The van der Waals surface area contributed by atoms with Gasteiger partial charge >= 0.3 is 19.8 Å². The third-order valence-corrected chi connectivity index (χ3v) is 20.5. The molecule has 94 heavy (non-hydrogen) atoms. The zero-order chi connectivity index (χ0) is 68.3. The highest BCUT2D eigenvalue weighted by atomic mass is 31.2. The second-order valence-corrected chi connectivity index (χ2v) is 31.7. The maximum atomic E-state index is 12.9. The van der Waals surface area contributed by atoms with Crippen LogP contribution in [0, 0.1) is 0 Å². The summed E-state index contributed by atoms with van der Waals surface area (Å²) in [6.45, 7) is 4.52. The number of likely N-dealkylation sites (N-methyl/N-ethyl adjacent to an activating group) is 1. The van der Waals surface area contributed by atoms with Crippen LogP contribution in [0.5, 0.6) is 0 Å². The molecule has 1 N–H and O–H groups in total. The van der Waals surface area contributed by atoms with Crippen molar-refractivity contribution in [1.82, 2.24) is 0 Å². The third kappa shape index (κ3) is 79.5. The Balaban J connectivity index is 3.87. The van der Waals surface area contributed by atoms with E-state index in [0.29, 0.717) is 17.4 Å². The molecular formula is C84H165NO8P+. The van der Waals surface area contributed by atoms with Gasteiger partial charge in [-0.05, 0) is 44.9 Å². The highest BCUT2D eigenvalue weighted by Gasteiger charge is 2.27. The molecule has 10 heteroatoms. The van der Waals surface area contributed by atoms with E-state index in [-0.39, 0.29) is 25.6 Å². The summed E-state index contributed by atoms with van der Waals surface area (Å²) in [5.74, 6) is -0.766. The van der Waals surface area contributed by atoms with Crippen molar-refractivity contribution in [2.75, 3.05) is 47.5 Å². The molecule has 0 aliphatic heterocycles. The van der Waals surface area contributed by atoms with E-state index in [1.165, 1.54) is 379 Å². The van der Waals surface area contributed by atoms with Crippen molar-refractivity contribution >= 4 is 19.8 Å². The molecule has 2 atom stereocenters. The molecule has 0 aliphatic rings. The van der Waals surface area contributed by atoms with Gasteiger partial charge in [0.25, 0.3) is 0 Å². The lowest BCUT2D eigenvalue weighted by Gasteiger charge is -2.24. The van der Waals surface area contributed by atoms with E-state index in [1.54, 1.807) is 0 Å². The molecule has 0 aromatic carbocycles. The molecule has 558 valence electrons. The molecule has 0 spiro atoms. The Morgan fingerprint density at radius 1 is 0.330 bits per heavy atom. The van der Waals surface area contributed by atoms with Gasteiger partial charge in [0.2, 0.25) is 0 Å². The van der Waals surface area contributed by atoms with Gasteiger partial charge in [0.05, 0.1) is 27.7 Å². The second kappa shape index (κ2) is 75.7. The Labute approximate surface area is 587 Å². The van der Waals surface area contributed by atoms with Crippen molar-refractivity contribution in [3.05, 3.63) is 24.3 Å². The molecule has 0 aliphatic carbocycles. The molecule has 0 rings (SSSR count). The van der Waals surface area contributed by atoms with Gasteiger partial charge in [-0.25, -0.2) is 4.57 Å². The number of hydrogen-bond acceptors (Lipinski definition) is 7. The first-order valence-electron chi connectivity index (χ1n) is 42.1. The summed E-state index contributed by atoms with van der Waals surface area (Å²) in [6.07, 6.45) is 97.8. The van der Waals surface area contributed by atoms with Crippen molar-refractivity contribution < 1.29 is 42.1 Å². The summed E-state index contributed by atoms with van der Waals surface area (Å²) >= 11 is 0. The molecule has 0 aromatic heterocycles. The molecule has 0 amide bonds. The van der Waals surface area contributed by atoms with Gasteiger partial charge in [0.1, 0.15) is 19.8 Å². The zero-order valence-electron chi connectivity index (χ0n) is 64.0. The lowest BCUT2D eigenvalue weighted by molar-refractivity contribution is -0.870. The van der Waals surface area contributed by atoms with E-state index in [0.717, 1.165) is 44.9 Å². The van der Waals surface area contributed by atoms with E-state index >= 15 is 0 Å². The number of allylic oxidation sites excluding steroid dienone is 4. The molecule has 0 fully saturated rings. The summed E-state index contributed by atoms with van der Waals surface area (Å²) in [5.41, 5.74) is 0. The Bertz CT molecular complexity index is 1630. The summed E-state index contributed by atoms with van der Waals surface area (Å²) in [5, 5.41) is 0. The topological polar surface area (TPSA) is 108 Å². The number of quaternary nitrogens is 1. The van der Waals surface area contributed by atoms with Gasteiger partial charge in [0.15, 0.2) is 6.10 Å². The molecule has 0 saturated heterocycles. The number of hydrogen-bond donors (Lipinski definition) is 1. The number of nitrogens with zero attached hydrogens (tertiary/aromatic N) is 1. The number of esters is 2. The molecule has 2 unspecified atom stereocenters. The first kappa shape index (κ1) is 92.5. The summed E-state index contributed by atoms with van der Waals surface area (Å²) in [4.78, 5) is 36.0. The van der Waals surface area contributed by atoms with Crippen LogP contribution < -0.4 is 0 Å². The minimum Gasteiger partial charge on any atom is -0.462 e. The van der Waals surface area contributed by atoms with Crippen LogP contribution in [0.25, 0.3) is 0 Å². The predicted molar refractivity (Wildman–Crippen MR) is 409 cm³/mol. The average Bonchev–Trinajstić information content (AvgIpc) is 1.56. The Hall–Kier alpha value is -1.51. The number of unbranched alkanes of at least 4 members (excludes halogenated alkanes) is 62. The van der Waals surface area contributed by atoms with Crippen LogP contribution >= 0.6 is 7.82 Å². The molecular weight excluding hydrogens is 1180 g/mol. The average molecular weight is 1350 g/mol. The van der Waals surface area contributed by atoms with Crippen LogP contribution in [-0.4, -0.2) is 74.9 Å². The van der Waals surface area contributed by atoms with Crippen LogP contribution in [-0.2, 0) is 32.7 Å². The summed E-state index contributed by atoms with van der Waals surface area (Å²) in [6, 6.07) is 0. The lowest BCUT2D eigenvalue weighted by Crippen LogP contribution is -2.37. The first-order valence-corrected chi connectivity index (χ1v) is 43.6. The van der Waals surface area contributed by atoms with E-state index in [9.17, 15) is 19.0 Å². The van der Waals surface area contributed by atoms with E-state index in [4.69, 9.17) is 18.5 Å². The zero-order valence-corrected chi connectivity index (χ0v) is 64.9. The number of ether oxygens (including phenoxy) is 2. The minimum atomic E-state index is -4.39. The van der Waals surface area contributed by atoms with E-state index in [1.807, 2.05) is 21.1 Å². The fraction of sp³-hybridized carbons (Fsp3) is 0.929. The fourth-order valence-electron chi connectivity index (χ4n) is 13.1. The molecule has 0 heterocycles. The maximum Gasteiger partial charge on any atom is 0.472 e. The Morgan fingerprint density at radius 3 is 0.840 bits per heavy atom. The largest absolute Gasteiger partial charge is 0.472 e. The SMILES string of the molecule is CCCCCCC/C=C\C/C=C\CCCCCCCCCCCCCCCCCCCCCCCCCCCC(=O)OC(COC(=O)CCCCCCCCCCCCCCCCCCCCCCCCCCCCCCCCCCC)COP(=O)(O)OCC[N+](C)(C)C. The van der Waals surface area contributed by atoms with Crippen molar-refractivity contribution in [2.24, 2.45) is 0 Å². The van der Waals surface area contributed by atoms with Gasteiger partial charge < -0.3 is 18.9 Å². The van der Waals surface area contributed by atoms with Crippen LogP contribution in [0.1, 0.15) is 450 Å². The smallest absolute Gasteiger partial charge is 0.462 e. The van der Waals surface area contributed by atoms with Crippen molar-refractivity contribution in [2.45, 2.75) is 457 Å².